The first-order valence-corrected chi connectivity index (χ1v) is 9.17. The Morgan fingerprint density at radius 1 is 0.885 bits per heavy atom. The molecule has 0 aliphatic rings. The molecule has 0 atom stereocenters. The Bertz CT molecular complexity index is 861. The van der Waals surface area contributed by atoms with E-state index in [1.165, 1.54) is 17.6 Å². The lowest BCUT2D eigenvalue weighted by Gasteiger charge is -2.08. The summed E-state index contributed by atoms with van der Waals surface area (Å²) in [4.78, 5) is 1.43. The Hall–Kier alpha value is -2.76. The van der Waals surface area contributed by atoms with Gasteiger partial charge in [0.2, 0.25) is 0 Å². The van der Waals surface area contributed by atoms with Crippen molar-refractivity contribution in [1.82, 2.24) is 15.0 Å². The largest absolute Gasteiger partial charge is 0.505 e. The smallest absolute Gasteiger partial charge is 0.146 e. The fourth-order valence-corrected chi connectivity index (χ4v) is 2.74. The van der Waals surface area contributed by atoms with Gasteiger partial charge in [-0.2, -0.15) is 0 Å². The molecule has 6 heteroatoms. The molecule has 0 saturated heterocycles. The summed E-state index contributed by atoms with van der Waals surface area (Å²) in [7, 11) is 0. The van der Waals surface area contributed by atoms with Crippen LogP contribution in [0.3, 0.4) is 0 Å². The van der Waals surface area contributed by atoms with Crippen molar-refractivity contribution in [1.29, 1.82) is 0 Å². The third-order valence-electron chi connectivity index (χ3n) is 4.09. The highest BCUT2D eigenvalue weighted by Crippen LogP contribution is 2.27. The lowest BCUT2D eigenvalue weighted by atomic mass is 10.2. The second kappa shape index (κ2) is 8.56. The van der Waals surface area contributed by atoms with Crippen molar-refractivity contribution in [2.75, 3.05) is 13.2 Å². The van der Waals surface area contributed by atoms with Gasteiger partial charge in [0.25, 0.3) is 0 Å². The van der Waals surface area contributed by atoms with Gasteiger partial charge in [0.05, 0.1) is 13.2 Å². The Kier molecular flexibility index (Phi) is 5.94. The lowest BCUT2D eigenvalue weighted by Crippen LogP contribution is -2.01. The van der Waals surface area contributed by atoms with Crippen molar-refractivity contribution in [3.63, 3.8) is 0 Å². The predicted octanol–water partition coefficient (Wildman–Crippen LogP) is 4.48. The van der Waals surface area contributed by atoms with Gasteiger partial charge >= 0.3 is 0 Å². The normalized spacial score (nSPS) is 11.0. The van der Waals surface area contributed by atoms with Crippen molar-refractivity contribution in [3.8, 4) is 22.9 Å². The van der Waals surface area contributed by atoms with Crippen LogP contribution in [-0.2, 0) is 0 Å². The van der Waals surface area contributed by atoms with Gasteiger partial charge in [-0.1, -0.05) is 26.2 Å². The zero-order valence-corrected chi connectivity index (χ0v) is 15.3. The highest BCUT2D eigenvalue weighted by atomic mass is 16.5. The van der Waals surface area contributed by atoms with Gasteiger partial charge < -0.3 is 14.6 Å². The number of phenolic OH excluding ortho intramolecular Hbond substituents is 1. The van der Waals surface area contributed by atoms with E-state index in [0.29, 0.717) is 30.2 Å². The van der Waals surface area contributed by atoms with Crippen LogP contribution in [0.4, 0.5) is 0 Å². The van der Waals surface area contributed by atoms with E-state index >= 15 is 0 Å². The van der Waals surface area contributed by atoms with Gasteiger partial charge in [-0.05, 0) is 37.6 Å². The molecule has 0 radical (unpaired) electrons. The van der Waals surface area contributed by atoms with Gasteiger partial charge in [0.1, 0.15) is 34.0 Å². The van der Waals surface area contributed by atoms with Gasteiger partial charge in [0, 0.05) is 12.1 Å². The molecule has 1 N–H and O–H groups in total. The van der Waals surface area contributed by atoms with Gasteiger partial charge in [-0.25, -0.2) is 0 Å². The maximum Gasteiger partial charge on any atom is 0.146 e. The summed E-state index contributed by atoms with van der Waals surface area (Å²) in [5.41, 5.74) is 1.97. The number of unbranched alkanes of at least 4 members (excludes halogenated alkanes) is 3. The van der Waals surface area contributed by atoms with E-state index in [0.717, 1.165) is 24.1 Å². The van der Waals surface area contributed by atoms with Crippen molar-refractivity contribution in [2.24, 2.45) is 0 Å². The quantitative estimate of drug-likeness (QED) is 0.573. The minimum atomic E-state index is 0.0846. The Morgan fingerprint density at radius 2 is 1.65 bits per heavy atom. The number of aromatic nitrogens is 3. The van der Waals surface area contributed by atoms with Crippen LogP contribution in [0.5, 0.6) is 17.2 Å². The molecule has 0 fully saturated rings. The molecule has 6 nitrogen and oxygen atoms in total. The molecule has 0 bridgehead atoms. The summed E-state index contributed by atoms with van der Waals surface area (Å²) in [5.74, 6) is 1.49. The van der Waals surface area contributed by atoms with E-state index in [2.05, 4.69) is 17.1 Å². The summed E-state index contributed by atoms with van der Waals surface area (Å²) in [6.45, 7) is 5.37. The Morgan fingerprint density at radius 3 is 2.42 bits per heavy atom. The molecule has 3 rings (SSSR count). The van der Waals surface area contributed by atoms with Crippen LogP contribution in [0.25, 0.3) is 16.7 Å². The third-order valence-corrected chi connectivity index (χ3v) is 4.09. The highest BCUT2D eigenvalue weighted by Gasteiger charge is 2.11. The van der Waals surface area contributed by atoms with E-state index in [1.807, 2.05) is 31.2 Å². The van der Waals surface area contributed by atoms with E-state index in [9.17, 15) is 5.11 Å². The Balaban J connectivity index is 1.73. The molecule has 1 aromatic heterocycles. The fraction of sp³-hybridized carbons (Fsp3) is 0.400. The number of hydrogen-bond acceptors (Lipinski definition) is 5. The number of hydrogen-bond donors (Lipinski definition) is 1. The van der Waals surface area contributed by atoms with Crippen LogP contribution in [0.2, 0.25) is 0 Å². The van der Waals surface area contributed by atoms with Gasteiger partial charge in [0.15, 0.2) is 0 Å². The number of aromatic hydroxyl groups is 1. The molecule has 0 amide bonds. The summed E-state index contributed by atoms with van der Waals surface area (Å²) >= 11 is 0. The summed E-state index contributed by atoms with van der Waals surface area (Å²) < 4.78 is 11.2. The van der Waals surface area contributed by atoms with Crippen molar-refractivity contribution in [2.45, 2.75) is 39.5 Å². The molecule has 1 heterocycles. The van der Waals surface area contributed by atoms with Gasteiger partial charge in [-0.3, -0.25) is 0 Å². The number of ether oxygens (including phenoxy) is 2. The summed E-state index contributed by atoms with van der Waals surface area (Å²) in [6, 6.07) is 10.8. The molecular weight excluding hydrogens is 330 g/mol. The average Bonchev–Trinajstić information content (AvgIpc) is 3.05. The third kappa shape index (κ3) is 4.25. The zero-order chi connectivity index (χ0) is 18.4. The molecule has 0 unspecified atom stereocenters. The topological polar surface area (TPSA) is 69.4 Å². The SMILES string of the molecule is CCCCCCOc1ccc(-n2nc3ccc(OCC)cc3n2)c(O)c1. The minimum absolute atomic E-state index is 0.0846. The van der Waals surface area contributed by atoms with Crippen LogP contribution in [0.1, 0.15) is 39.5 Å². The fourth-order valence-electron chi connectivity index (χ4n) is 2.74. The Labute approximate surface area is 153 Å². The molecule has 26 heavy (non-hydrogen) atoms. The number of benzene rings is 2. The van der Waals surface area contributed by atoms with Crippen LogP contribution in [0.15, 0.2) is 36.4 Å². The van der Waals surface area contributed by atoms with Crippen LogP contribution < -0.4 is 9.47 Å². The standard InChI is InChI=1S/C20H25N3O3/c1-3-5-6-7-12-26-16-9-11-19(20(24)14-16)23-21-17-10-8-15(25-4-2)13-18(17)22-23/h8-11,13-14,24H,3-7,12H2,1-2H3. The molecule has 0 aliphatic carbocycles. The van der Waals surface area contributed by atoms with Crippen molar-refractivity contribution in [3.05, 3.63) is 36.4 Å². The molecule has 0 spiro atoms. The molecule has 3 aromatic rings. The highest BCUT2D eigenvalue weighted by molar-refractivity contribution is 5.75. The maximum atomic E-state index is 10.3. The number of phenols is 1. The number of nitrogens with zero attached hydrogens (tertiary/aromatic N) is 3. The van der Waals surface area contributed by atoms with Crippen LogP contribution in [0, 0.1) is 0 Å². The van der Waals surface area contributed by atoms with Gasteiger partial charge in [-0.15, -0.1) is 15.0 Å². The molecule has 0 saturated carbocycles. The molecule has 2 aromatic carbocycles. The van der Waals surface area contributed by atoms with Crippen molar-refractivity contribution >= 4 is 11.0 Å². The minimum Gasteiger partial charge on any atom is -0.505 e. The van der Waals surface area contributed by atoms with Crippen LogP contribution in [-0.4, -0.2) is 33.3 Å². The van der Waals surface area contributed by atoms with E-state index < -0.39 is 0 Å². The summed E-state index contributed by atoms with van der Waals surface area (Å²) in [5, 5.41) is 19.2. The predicted molar refractivity (Wildman–Crippen MR) is 101 cm³/mol. The molecule has 0 aliphatic heterocycles. The first-order valence-electron chi connectivity index (χ1n) is 9.17. The maximum absolute atomic E-state index is 10.3. The average molecular weight is 355 g/mol. The number of fused-ring (bicyclic) bond motifs is 1. The van der Waals surface area contributed by atoms with Crippen molar-refractivity contribution < 1.29 is 14.6 Å². The van der Waals surface area contributed by atoms with E-state index in [1.54, 1.807) is 12.1 Å². The first kappa shape index (κ1) is 18.0. The lowest BCUT2D eigenvalue weighted by molar-refractivity contribution is 0.303. The van der Waals surface area contributed by atoms with E-state index in [4.69, 9.17) is 9.47 Å². The van der Waals surface area contributed by atoms with Crippen LogP contribution >= 0.6 is 0 Å². The monoisotopic (exact) mass is 355 g/mol. The summed E-state index contributed by atoms with van der Waals surface area (Å²) in [6.07, 6.45) is 4.60. The second-order valence-corrected chi connectivity index (χ2v) is 6.13. The number of rotatable bonds is 9. The zero-order valence-electron chi connectivity index (χ0n) is 15.3. The second-order valence-electron chi connectivity index (χ2n) is 6.13. The van der Waals surface area contributed by atoms with E-state index in [-0.39, 0.29) is 5.75 Å². The molecular formula is C20H25N3O3. The first-order chi connectivity index (χ1) is 12.7. The molecule has 138 valence electrons.